The Morgan fingerprint density at radius 1 is 1.21 bits per heavy atom. The summed E-state index contributed by atoms with van der Waals surface area (Å²) in [5, 5.41) is 21.7. The zero-order valence-electron chi connectivity index (χ0n) is 21.2. The van der Waals surface area contributed by atoms with Crippen LogP contribution in [0.5, 0.6) is 5.75 Å². The fourth-order valence-corrected chi connectivity index (χ4v) is 4.86. The van der Waals surface area contributed by atoms with Crippen LogP contribution in [0.15, 0.2) is 59.9 Å². The number of nitrogens with one attached hydrogen (secondary N) is 2. The van der Waals surface area contributed by atoms with E-state index in [9.17, 15) is 19.7 Å². The number of amidine groups is 1. The van der Waals surface area contributed by atoms with E-state index in [1.165, 1.54) is 28.0 Å². The Bertz CT molecular complexity index is 1420. The number of ether oxygens (including phenoxy) is 1. The molecule has 2 aliphatic rings. The molecule has 1 aromatic heterocycles. The summed E-state index contributed by atoms with van der Waals surface area (Å²) in [5.41, 5.74) is 1.74. The summed E-state index contributed by atoms with van der Waals surface area (Å²) in [6, 6.07) is 9.69. The molecule has 0 unspecified atom stereocenters. The fourth-order valence-electron chi connectivity index (χ4n) is 4.73. The number of nitrogens with zero attached hydrogens (tertiary/aromatic N) is 5. The quantitative estimate of drug-likeness (QED) is 0.351. The number of urea groups is 1. The van der Waals surface area contributed by atoms with Crippen molar-refractivity contribution in [2.45, 2.75) is 32.0 Å². The Morgan fingerprint density at radius 3 is 2.62 bits per heavy atom. The van der Waals surface area contributed by atoms with Crippen LogP contribution in [-0.4, -0.2) is 68.4 Å². The number of amides is 3. The Morgan fingerprint density at radius 2 is 1.97 bits per heavy atom. The number of rotatable bonds is 6. The summed E-state index contributed by atoms with van der Waals surface area (Å²) in [5.74, 6) is 0.221. The Kier molecular flexibility index (Phi) is 7.20. The van der Waals surface area contributed by atoms with Crippen LogP contribution in [0.1, 0.15) is 42.6 Å². The van der Waals surface area contributed by atoms with Crippen LogP contribution in [0, 0.1) is 10.1 Å². The minimum atomic E-state index is -0.630. The summed E-state index contributed by atoms with van der Waals surface area (Å²) < 4.78 is 5.98. The fraction of sp³-hybridized carbons (Fsp3) is 0.308. The number of aromatic nitrogens is 2. The number of carbonyl (C=O) groups excluding carboxylic acids is 2. The number of hydrogen-bond donors (Lipinski definition) is 2. The van der Waals surface area contributed by atoms with Gasteiger partial charge in [-0.3, -0.25) is 29.9 Å². The van der Waals surface area contributed by atoms with E-state index < -0.39 is 23.0 Å². The minimum absolute atomic E-state index is 0.109. The Balaban J connectivity index is 1.70. The van der Waals surface area contributed by atoms with Gasteiger partial charge in [0.25, 0.3) is 5.69 Å². The topological polar surface area (TPSA) is 146 Å². The van der Waals surface area contributed by atoms with Gasteiger partial charge in [0.05, 0.1) is 34.9 Å². The van der Waals surface area contributed by atoms with Crippen molar-refractivity contribution in [1.82, 2.24) is 25.3 Å². The standard InChI is InChI=1S/C26H26ClN7O5/c1-15(2)39-21-11-19(34(37)38)7-8-20(21)25-31-23(17-12-29-30-13-17)24(16-3-5-18(27)6-4-16)33(25)26(36)32-10-9-28-22(35)14-32/h3-8,11-13,15,23-24H,9-10,14H2,1-2H3,(H,28,35)(H,29,30)/t23-,24+/m0/s1. The second-order valence-electron chi connectivity index (χ2n) is 9.45. The number of aliphatic imine (C=N–C) groups is 1. The van der Waals surface area contributed by atoms with Crippen LogP contribution in [0.3, 0.4) is 0 Å². The second-order valence-corrected chi connectivity index (χ2v) is 9.89. The van der Waals surface area contributed by atoms with Crippen molar-refractivity contribution in [2.75, 3.05) is 19.6 Å². The highest BCUT2D eigenvalue weighted by Gasteiger charge is 2.45. The van der Waals surface area contributed by atoms with Gasteiger partial charge in [0.1, 0.15) is 24.2 Å². The SMILES string of the molecule is CC(C)Oc1cc([N+](=O)[O-])ccc1C1=N[C@@H](c2cn[nH]c2)[C@@H](c2ccc(Cl)cc2)N1C(=O)N1CCNC(=O)C1. The molecule has 13 heteroatoms. The molecule has 12 nitrogen and oxygen atoms in total. The summed E-state index contributed by atoms with van der Waals surface area (Å²) in [6.45, 7) is 4.13. The van der Waals surface area contributed by atoms with Crippen molar-refractivity contribution < 1.29 is 19.2 Å². The van der Waals surface area contributed by atoms with E-state index in [0.717, 1.165) is 11.1 Å². The van der Waals surface area contributed by atoms with Gasteiger partial charge in [-0.2, -0.15) is 5.10 Å². The average molecular weight is 552 g/mol. The van der Waals surface area contributed by atoms with Crippen LogP contribution < -0.4 is 10.1 Å². The minimum Gasteiger partial charge on any atom is -0.490 e. The lowest BCUT2D eigenvalue weighted by atomic mass is 9.95. The smallest absolute Gasteiger partial charge is 0.326 e. The number of halogens is 1. The van der Waals surface area contributed by atoms with Gasteiger partial charge < -0.3 is 15.0 Å². The maximum Gasteiger partial charge on any atom is 0.326 e. The van der Waals surface area contributed by atoms with E-state index in [4.69, 9.17) is 21.3 Å². The Hall–Kier alpha value is -4.45. The zero-order chi connectivity index (χ0) is 27.7. The monoisotopic (exact) mass is 551 g/mol. The molecule has 0 saturated carbocycles. The number of carbonyl (C=O) groups is 2. The molecule has 2 aromatic carbocycles. The first-order valence-electron chi connectivity index (χ1n) is 12.3. The molecule has 3 heterocycles. The number of hydrogen-bond acceptors (Lipinski definition) is 7. The van der Waals surface area contributed by atoms with E-state index >= 15 is 0 Å². The van der Waals surface area contributed by atoms with Crippen molar-refractivity contribution in [3.05, 3.63) is 86.7 Å². The predicted molar refractivity (Wildman–Crippen MR) is 143 cm³/mol. The molecule has 2 N–H and O–H groups in total. The van der Waals surface area contributed by atoms with Crippen molar-refractivity contribution in [1.29, 1.82) is 0 Å². The van der Waals surface area contributed by atoms with Crippen molar-refractivity contribution >= 4 is 35.1 Å². The number of H-pyrrole nitrogens is 1. The van der Waals surface area contributed by atoms with Crippen molar-refractivity contribution in [2.24, 2.45) is 4.99 Å². The third kappa shape index (κ3) is 5.28. The largest absolute Gasteiger partial charge is 0.490 e. The number of non-ortho nitro benzene ring substituents is 1. The summed E-state index contributed by atoms with van der Waals surface area (Å²) >= 11 is 6.18. The molecule has 39 heavy (non-hydrogen) atoms. The number of aromatic amines is 1. The van der Waals surface area contributed by atoms with Gasteiger partial charge in [-0.15, -0.1) is 0 Å². The Labute approximate surface area is 228 Å². The van der Waals surface area contributed by atoms with Crippen LogP contribution in [0.2, 0.25) is 5.02 Å². The first-order chi connectivity index (χ1) is 18.7. The van der Waals surface area contributed by atoms with Gasteiger partial charge in [0.2, 0.25) is 5.91 Å². The van der Waals surface area contributed by atoms with Crippen LogP contribution >= 0.6 is 11.6 Å². The van der Waals surface area contributed by atoms with Gasteiger partial charge in [0.15, 0.2) is 0 Å². The van der Waals surface area contributed by atoms with E-state index in [1.807, 2.05) is 12.1 Å². The number of nitro benzene ring substituents is 1. The molecule has 2 aliphatic heterocycles. The molecule has 2 atom stereocenters. The maximum absolute atomic E-state index is 14.2. The maximum atomic E-state index is 14.2. The van der Waals surface area contributed by atoms with Gasteiger partial charge >= 0.3 is 6.03 Å². The molecule has 0 spiro atoms. The summed E-state index contributed by atoms with van der Waals surface area (Å²) in [6.07, 6.45) is 3.04. The molecule has 202 valence electrons. The van der Waals surface area contributed by atoms with Crippen LogP contribution in [0.4, 0.5) is 10.5 Å². The van der Waals surface area contributed by atoms with Gasteiger partial charge in [-0.25, -0.2) is 4.79 Å². The highest BCUT2D eigenvalue weighted by Crippen LogP contribution is 2.45. The van der Waals surface area contributed by atoms with Crippen LogP contribution in [0.25, 0.3) is 0 Å². The normalized spacial score (nSPS) is 19.2. The molecular formula is C26H26ClN7O5. The lowest BCUT2D eigenvalue weighted by Crippen LogP contribution is -2.55. The molecular weight excluding hydrogens is 526 g/mol. The molecule has 0 bridgehead atoms. The second kappa shape index (κ2) is 10.7. The van der Waals surface area contributed by atoms with Gasteiger partial charge in [0, 0.05) is 35.9 Å². The molecule has 3 aromatic rings. The third-order valence-electron chi connectivity index (χ3n) is 6.43. The first kappa shape index (κ1) is 26.2. The van der Waals surface area contributed by atoms with Gasteiger partial charge in [-0.1, -0.05) is 23.7 Å². The number of piperazine rings is 1. The van der Waals surface area contributed by atoms with Crippen molar-refractivity contribution in [3.8, 4) is 5.75 Å². The van der Waals surface area contributed by atoms with E-state index in [-0.39, 0.29) is 35.8 Å². The first-order valence-corrected chi connectivity index (χ1v) is 12.7. The van der Waals surface area contributed by atoms with Crippen LogP contribution in [-0.2, 0) is 4.79 Å². The summed E-state index contributed by atoms with van der Waals surface area (Å²) in [4.78, 5) is 45.4. The summed E-state index contributed by atoms with van der Waals surface area (Å²) in [7, 11) is 0. The average Bonchev–Trinajstić information content (AvgIpc) is 3.57. The van der Waals surface area contributed by atoms with E-state index in [0.29, 0.717) is 23.7 Å². The molecule has 1 fully saturated rings. The van der Waals surface area contributed by atoms with Crippen molar-refractivity contribution in [3.63, 3.8) is 0 Å². The lowest BCUT2D eigenvalue weighted by molar-refractivity contribution is -0.384. The zero-order valence-corrected chi connectivity index (χ0v) is 22.0. The molecule has 0 radical (unpaired) electrons. The van der Waals surface area contributed by atoms with E-state index in [2.05, 4.69) is 15.5 Å². The molecule has 3 amide bonds. The molecule has 5 rings (SSSR count). The van der Waals surface area contributed by atoms with Gasteiger partial charge in [-0.05, 0) is 37.6 Å². The molecule has 1 saturated heterocycles. The predicted octanol–water partition coefficient (Wildman–Crippen LogP) is 3.86. The molecule has 0 aliphatic carbocycles. The highest BCUT2D eigenvalue weighted by molar-refractivity contribution is 6.30. The highest BCUT2D eigenvalue weighted by atomic mass is 35.5. The van der Waals surface area contributed by atoms with E-state index in [1.54, 1.807) is 38.4 Å². The lowest BCUT2D eigenvalue weighted by Gasteiger charge is -2.35. The number of benzene rings is 2. The third-order valence-corrected chi connectivity index (χ3v) is 6.69. The number of nitro groups is 1.